The fourth-order valence-corrected chi connectivity index (χ4v) is 2.65. The van der Waals surface area contributed by atoms with Crippen molar-refractivity contribution in [2.45, 2.75) is 6.42 Å². The van der Waals surface area contributed by atoms with Gasteiger partial charge in [-0.25, -0.2) is 0 Å². The predicted molar refractivity (Wildman–Crippen MR) is 81.6 cm³/mol. The summed E-state index contributed by atoms with van der Waals surface area (Å²) in [5, 5.41) is 3.29. The van der Waals surface area contributed by atoms with Gasteiger partial charge < -0.3 is 14.8 Å². The highest BCUT2D eigenvalue weighted by atomic mass is 16.5. The summed E-state index contributed by atoms with van der Waals surface area (Å²) in [6.45, 7) is 0.922. The third-order valence-electron chi connectivity index (χ3n) is 3.74. The number of anilines is 1. The third kappa shape index (κ3) is 2.33. The molecule has 1 N–H and O–H groups in total. The van der Waals surface area contributed by atoms with E-state index in [-0.39, 0.29) is 5.78 Å². The van der Waals surface area contributed by atoms with Crippen molar-refractivity contribution in [3.63, 3.8) is 0 Å². The summed E-state index contributed by atoms with van der Waals surface area (Å²) >= 11 is 0. The van der Waals surface area contributed by atoms with Crippen LogP contribution in [0.5, 0.6) is 11.5 Å². The highest BCUT2D eigenvalue weighted by Crippen LogP contribution is 2.32. The summed E-state index contributed by atoms with van der Waals surface area (Å²) in [4.78, 5) is 12.8. The average molecular weight is 283 g/mol. The molecule has 0 bridgehead atoms. The third-order valence-corrected chi connectivity index (χ3v) is 3.74. The SMILES string of the molecule is COc1cccc(OC)c1C(=O)c1ccc2c(c1)NCC2. The molecule has 1 aliphatic heterocycles. The lowest BCUT2D eigenvalue weighted by Gasteiger charge is -2.12. The molecule has 0 amide bonds. The van der Waals surface area contributed by atoms with E-state index in [2.05, 4.69) is 5.32 Å². The van der Waals surface area contributed by atoms with Crippen molar-refractivity contribution in [1.82, 2.24) is 0 Å². The normalized spacial score (nSPS) is 12.5. The molecule has 0 unspecified atom stereocenters. The second-order valence-electron chi connectivity index (χ2n) is 4.92. The number of fused-ring (bicyclic) bond motifs is 1. The van der Waals surface area contributed by atoms with Crippen molar-refractivity contribution < 1.29 is 14.3 Å². The Hall–Kier alpha value is -2.49. The molecule has 0 atom stereocenters. The monoisotopic (exact) mass is 283 g/mol. The molecule has 0 radical (unpaired) electrons. The molecule has 3 rings (SSSR count). The predicted octanol–water partition coefficient (Wildman–Crippen LogP) is 2.90. The second kappa shape index (κ2) is 5.48. The first-order valence-electron chi connectivity index (χ1n) is 6.87. The van der Waals surface area contributed by atoms with Crippen molar-refractivity contribution in [2.24, 2.45) is 0 Å². The van der Waals surface area contributed by atoms with Gasteiger partial charge in [-0.1, -0.05) is 18.2 Å². The molecule has 0 saturated carbocycles. The number of ether oxygens (including phenoxy) is 2. The van der Waals surface area contributed by atoms with Crippen LogP contribution in [0.2, 0.25) is 0 Å². The Balaban J connectivity index is 2.06. The molecular weight excluding hydrogens is 266 g/mol. The number of carbonyl (C=O) groups is 1. The van der Waals surface area contributed by atoms with Gasteiger partial charge in [0.05, 0.1) is 14.2 Å². The molecule has 2 aromatic carbocycles. The molecule has 0 aliphatic carbocycles. The van der Waals surface area contributed by atoms with E-state index in [1.165, 1.54) is 5.56 Å². The Morgan fingerprint density at radius 2 is 1.81 bits per heavy atom. The fourth-order valence-electron chi connectivity index (χ4n) is 2.65. The van der Waals surface area contributed by atoms with E-state index in [9.17, 15) is 4.79 Å². The van der Waals surface area contributed by atoms with Crippen LogP contribution in [0.15, 0.2) is 36.4 Å². The van der Waals surface area contributed by atoms with Crippen LogP contribution in [0.1, 0.15) is 21.5 Å². The van der Waals surface area contributed by atoms with E-state index in [0.717, 1.165) is 18.7 Å². The molecule has 0 fully saturated rings. The van der Waals surface area contributed by atoms with Crippen molar-refractivity contribution >= 4 is 11.5 Å². The summed E-state index contributed by atoms with van der Waals surface area (Å²) in [5.74, 6) is 0.946. The van der Waals surface area contributed by atoms with E-state index in [0.29, 0.717) is 22.6 Å². The van der Waals surface area contributed by atoms with Gasteiger partial charge in [0.1, 0.15) is 17.1 Å². The van der Waals surface area contributed by atoms with Crippen LogP contribution < -0.4 is 14.8 Å². The molecule has 4 nitrogen and oxygen atoms in total. The molecule has 2 aromatic rings. The molecule has 4 heteroatoms. The lowest BCUT2D eigenvalue weighted by Crippen LogP contribution is -2.07. The maximum Gasteiger partial charge on any atom is 0.200 e. The lowest BCUT2D eigenvalue weighted by molar-refractivity contribution is 0.103. The van der Waals surface area contributed by atoms with Gasteiger partial charge in [-0.15, -0.1) is 0 Å². The van der Waals surface area contributed by atoms with Gasteiger partial charge in [0, 0.05) is 17.8 Å². The van der Waals surface area contributed by atoms with Crippen LogP contribution in [0.4, 0.5) is 5.69 Å². The molecule has 108 valence electrons. The fraction of sp³-hybridized carbons (Fsp3) is 0.235. The van der Waals surface area contributed by atoms with E-state index in [1.807, 2.05) is 18.2 Å². The summed E-state index contributed by atoms with van der Waals surface area (Å²) in [6, 6.07) is 11.1. The Kier molecular flexibility index (Phi) is 3.52. The molecule has 1 heterocycles. The summed E-state index contributed by atoms with van der Waals surface area (Å²) < 4.78 is 10.6. The van der Waals surface area contributed by atoms with Gasteiger partial charge >= 0.3 is 0 Å². The van der Waals surface area contributed by atoms with Crippen molar-refractivity contribution in [3.05, 3.63) is 53.1 Å². The van der Waals surface area contributed by atoms with Crippen molar-refractivity contribution in [2.75, 3.05) is 26.1 Å². The maximum atomic E-state index is 12.8. The number of ketones is 1. The lowest BCUT2D eigenvalue weighted by atomic mass is 9.99. The highest BCUT2D eigenvalue weighted by molar-refractivity contribution is 6.13. The Morgan fingerprint density at radius 3 is 2.48 bits per heavy atom. The second-order valence-corrected chi connectivity index (χ2v) is 4.92. The topological polar surface area (TPSA) is 47.6 Å². The van der Waals surface area contributed by atoms with Crippen LogP contribution >= 0.6 is 0 Å². The van der Waals surface area contributed by atoms with E-state index >= 15 is 0 Å². The quantitative estimate of drug-likeness (QED) is 0.876. The molecule has 0 spiro atoms. The van der Waals surface area contributed by atoms with Gasteiger partial charge in [-0.3, -0.25) is 4.79 Å². The Bertz CT molecular complexity index is 672. The zero-order valence-corrected chi connectivity index (χ0v) is 12.1. The molecule has 21 heavy (non-hydrogen) atoms. The van der Waals surface area contributed by atoms with E-state index < -0.39 is 0 Å². The summed E-state index contributed by atoms with van der Waals surface area (Å²) in [6.07, 6.45) is 1.00. The molecule has 1 aliphatic rings. The minimum Gasteiger partial charge on any atom is -0.496 e. The van der Waals surface area contributed by atoms with Crippen LogP contribution in [0.3, 0.4) is 0 Å². The minimum atomic E-state index is -0.0965. The van der Waals surface area contributed by atoms with Gasteiger partial charge in [0.15, 0.2) is 0 Å². The average Bonchev–Trinajstić information content (AvgIpc) is 3.00. The maximum absolute atomic E-state index is 12.8. The summed E-state index contributed by atoms with van der Waals surface area (Å²) in [7, 11) is 3.10. The standard InChI is InChI=1S/C17H17NO3/c1-20-14-4-3-5-15(21-2)16(14)17(19)12-7-6-11-8-9-18-13(11)10-12/h3-7,10,18H,8-9H2,1-2H3. The Labute approximate surface area is 123 Å². The van der Waals surface area contributed by atoms with Crippen molar-refractivity contribution in [3.8, 4) is 11.5 Å². The molecule has 0 aromatic heterocycles. The summed E-state index contributed by atoms with van der Waals surface area (Å²) in [5.41, 5.74) is 3.37. The first-order valence-corrected chi connectivity index (χ1v) is 6.87. The van der Waals surface area contributed by atoms with Gasteiger partial charge in [-0.05, 0) is 30.2 Å². The van der Waals surface area contributed by atoms with Crippen LogP contribution in [0, 0.1) is 0 Å². The number of carbonyl (C=O) groups excluding carboxylic acids is 1. The first-order chi connectivity index (χ1) is 10.2. The largest absolute Gasteiger partial charge is 0.496 e. The van der Waals surface area contributed by atoms with Gasteiger partial charge in [0.2, 0.25) is 5.78 Å². The molecular formula is C17H17NO3. The van der Waals surface area contributed by atoms with E-state index in [4.69, 9.17) is 9.47 Å². The zero-order valence-electron chi connectivity index (χ0n) is 12.1. The van der Waals surface area contributed by atoms with E-state index in [1.54, 1.807) is 32.4 Å². The van der Waals surface area contributed by atoms with Gasteiger partial charge in [-0.2, -0.15) is 0 Å². The number of nitrogens with one attached hydrogen (secondary N) is 1. The number of benzene rings is 2. The van der Waals surface area contributed by atoms with Crippen LogP contribution in [-0.2, 0) is 6.42 Å². The van der Waals surface area contributed by atoms with Crippen molar-refractivity contribution in [1.29, 1.82) is 0 Å². The van der Waals surface area contributed by atoms with Crippen LogP contribution in [-0.4, -0.2) is 26.5 Å². The highest BCUT2D eigenvalue weighted by Gasteiger charge is 2.21. The smallest absolute Gasteiger partial charge is 0.200 e. The van der Waals surface area contributed by atoms with Gasteiger partial charge in [0.25, 0.3) is 0 Å². The number of methoxy groups -OCH3 is 2. The number of rotatable bonds is 4. The Morgan fingerprint density at radius 1 is 1.10 bits per heavy atom. The number of hydrogen-bond acceptors (Lipinski definition) is 4. The first kappa shape index (κ1) is 13.5. The zero-order chi connectivity index (χ0) is 14.8. The van der Waals surface area contributed by atoms with Crippen LogP contribution in [0.25, 0.3) is 0 Å². The minimum absolute atomic E-state index is 0.0965. The molecule has 0 saturated heterocycles. The number of hydrogen-bond donors (Lipinski definition) is 1.